The Morgan fingerprint density at radius 1 is 0.434 bits per heavy atom. The molecule has 0 saturated heterocycles. The molecule has 0 atom stereocenters. The SMILES string of the molecule is CC1(C)c2ccccc2-c2cccc(N(c3ccc(-c4cccc5c4c4ccccc4n5-c4ccccc4)cc3)c3cccc(-c4ccccc4)c3)c21. The Kier molecular flexibility index (Phi) is 7.19. The minimum atomic E-state index is -0.166. The molecule has 8 aromatic carbocycles. The van der Waals surface area contributed by atoms with Gasteiger partial charge in [0.2, 0.25) is 0 Å². The first-order valence-electron chi connectivity index (χ1n) is 18.4. The van der Waals surface area contributed by atoms with Crippen LogP contribution in [0.2, 0.25) is 0 Å². The number of rotatable bonds is 6. The largest absolute Gasteiger partial charge is 0.310 e. The molecular formula is C51H38N2. The summed E-state index contributed by atoms with van der Waals surface area (Å²) in [6.07, 6.45) is 0. The maximum absolute atomic E-state index is 2.46. The Balaban J connectivity index is 1.16. The molecule has 2 nitrogen and oxygen atoms in total. The summed E-state index contributed by atoms with van der Waals surface area (Å²) in [4.78, 5) is 2.46. The van der Waals surface area contributed by atoms with Gasteiger partial charge in [0.05, 0.1) is 16.7 Å². The fraction of sp³-hybridized carbons (Fsp3) is 0.0588. The Labute approximate surface area is 310 Å². The molecule has 1 aliphatic rings. The van der Waals surface area contributed by atoms with Gasteiger partial charge in [-0.05, 0) is 99.1 Å². The lowest BCUT2D eigenvalue weighted by atomic mass is 9.81. The summed E-state index contributed by atoms with van der Waals surface area (Å²) in [5.41, 5.74) is 17.1. The van der Waals surface area contributed by atoms with Crippen molar-refractivity contribution in [2.45, 2.75) is 19.3 Å². The summed E-state index contributed by atoms with van der Waals surface area (Å²) >= 11 is 0. The normalized spacial score (nSPS) is 12.9. The number of fused-ring (bicyclic) bond motifs is 6. The van der Waals surface area contributed by atoms with E-state index < -0.39 is 0 Å². The van der Waals surface area contributed by atoms with Crippen LogP contribution in [-0.2, 0) is 5.41 Å². The van der Waals surface area contributed by atoms with Crippen molar-refractivity contribution in [1.82, 2.24) is 4.57 Å². The number of para-hydroxylation sites is 2. The fourth-order valence-electron chi connectivity index (χ4n) is 8.79. The second kappa shape index (κ2) is 12.3. The molecule has 0 N–H and O–H groups in total. The van der Waals surface area contributed by atoms with E-state index in [0.29, 0.717) is 0 Å². The van der Waals surface area contributed by atoms with Crippen LogP contribution in [0, 0.1) is 0 Å². The molecular weight excluding hydrogens is 641 g/mol. The fourth-order valence-corrected chi connectivity index (χ4v) is 8.79. The molecule has 2 heteroatoms. The highest BCUT2D eigenvalue weighted by atomic mass is 15.1. The number of nitrogens with zero attached hydrogens (tertiary/aromatic N) is 2. The van der Waals surface area contributed by atoms with Crippen molar-refractivity contribution in [3.8, 4) is 39.1 Å². The lowest BCUT2D eigenvalue weighted by Crippen LogP contribution is -2.20. The van der Waals surface area contributed by atoms with Crippen LogP contribution in [0.15, 0.2) is 194 Å². The van der Waals surface area contributed by atoms with Crippen LogP contribution in [0.1, 0.15) is 25.0 Å². The zero-order valence-corrected chi connectivity index (χ0v) is 29.9. The van der Waals surface area contributed by atoms with Crippen molar-refractivity contribution in [2.24, 2.45) is 0 Å². The molecule has 0 bridgehead atoms. The molecule has 53 heavy (non-hydrogen) atoms. The van der Waals surface area contributed by atoms with Gasteiger partial charge in [0.1, 0.15) is 0 Å². The molecule has 0 saturated carbocycles. The lowest BCUT2D eigenvalue weighted by Gasteiger charge is -2.32. The van der Waals surface area contributed by atoms with Crippen LogP contribution in [0.3, 0.4) is 0 Å². The second-order valence-corrected chi connectivity index (χ2v) is 14.6. The Morgan fingerprint density at radius 2 is 1.06 bits per heavy atom. The molecule has 0 spiro atoms. The van der Waals surface area contributed by atoms with Crippen LogP contribution >= 0.6 is 0 Å². The molecule has 10 rings (SSSR count). The van der Waals surface area contributed by atoms with Gasteiger partial charge >= 0.3 is 0 Å². The van der Waals surface area contributed by atoms with E-state index in [1.54, 1.807) is 0 Å². The minimum Gasteiger partial charge on any atom is -0.310 e. The van der Waals surface area contributed by atoms with E-state index in [0.717, 1.165) is 11.4 Å². The first-order valence-corrected chi connectivity index (χ1v) is 18.4. The first-order chi connectivity index (χ1) is 26.1. The Bertz CT molecular complexity index is 2790. The minimum absolute atomic E-state index is 0.166. The third-order valence-corrected chi connectivity index (χ3v) is 11.2. The van der Waals surface area contributed by atoms with E-state index in [-0.39, 0.29) is 5.41 Å². The van der Waals surface area contributed by atoms with Gasteiger partial charge in [0, 0.05) is 33.2 Å². The van der Waals surface area contributed by atoms with Crippen molar-refractivity contribution in [3.63, 3.8) is 0 Å². The highest BCUT2D eigenvalue weighted by Crippen LogP contribution is 2.54. The molecule has 9 aromatic rings. The van der Waals surface area contributed by atoms with Crippen LogP contribution in [0.25, 0.3) is 60.9 Å². The van der Waals surface area contributed by atoms with Crippen LogP contribution in [0.4, 0.5) is 17.1 Å². The summed E-state index contributed by atoms with van der Waals surface area (Å²) in [6.45, 7) is 4.74. The standard InChI is InChI=1S/C51H38N2/c1-51(2)45-26-11-9-22-42(45)43-25-15-29-48(50(43)51)52(40-21-13-18-37(34-40)35-16-5-3-6-17-35)39-32-30-36(31-33-39)41-24-14-28-47-49(41)44-23-10-12-27-46(44)53(47)38-19-7-4-8-20-38/h3-34H,1-2H3. The van der Waals surface area contributed by atoms with Crippen LogP contribution in [-0.4, -0.2) is 4.57 Å². The smallest absolute Gasteiger partial charge is 0.0547 e. The molecule has 1 aliphatic carbocycles. The summed E-state index contributed by atoms with van der Waals surface area (Å²) in [5, 5.41) is 2.53. The highest BCUT2D eigenvalue weighted by molar-refractivity contribution is 6.15. The van der Waals surface area contributed by atoms with Crippen molar-refractivity contribution in [2.75, 3.05) is 4.90 Å². The van der Waals surface area contributed by atoms with Gasteiger partial charge < -0.3 is 9.47 Å². The molecule has 252 valence electrons. The van der Waals surface area contributed by atoms with E-state index >= 15 is 0 Å². The molecule has 0 aliphatic heterocycles. The van der Waals surface area contributed by atoms with Gasteiger partial charge in [-0.3, -0.25) is 0 Å². The lowest BCUT2D eigenvalue weighted by molar-refractivity contribution is 0.661. The van der Waals surface area contributed by atoms with E-state index in [2.05, 4.69) is 217 Å². The topological polar surface area (TPSA) is 8.17 Å². The molecule has 1 aromatic heterocycles. The van der Waals surface area contributed by atoms with Gasteiger partial charge in [-0.2, -0.15) is 0 Å². The number of hydrogen-bond donors (Lipinski definition) is 0. The van der Waals surface area contributed by atoms with Crippen molar-refractivity contribution >= 4 is 38.9 Å². The Morgan fingerprint density at radius 3 is 1.89 bits per heavy atom. The third-order valence-electron chi connectivity index (χ3n) is 11.2. The summed E-state index contributed by atoms with van der Waals surface area (Å²) in [6, 6.07) is 70.7. The maximum atomic E-state index is 2.46. The average Bonchev–Trinajstić information content (AvgIpc) is 3.68. The summed E-state index contributed by atoms with van der Waals surface area (Å²) in [5.74, 6) is 0. The van der Waals surface area contributed by atoms with E-state index in [1.807, 2.05) is 0 Å². The predicted molar refractivity (Wildman–Crippen MR) is 224 cm³/mol. The van der Waals surface area contributed by atoms with Crippen molar-refractivity contribution in [3.05, 3.63) is 205 Å². The zero-order chi connectivity index (χ0) is 35.5. The molecule has 0 amide bonds. The van der Waals surface area contributed by atoms with E-state index in [9.17, 15) is 0 Å². The van der Waals surface area contributed by atoms with Gasteiger partial charge in [-0.15, -0.1) is 0 Å². The first kappa shape index (κ1) is 31.1. The predicted octanol–water partition coefficient (Wildman–Crippen LogP) is 13.9. The second-order valence-electron chi connectivity index (χ2n) is 14.6. The van der Waals surface area contributed by atoms with Gasteiger partial charge in [-0.25, -0.2) is 0 Å². The monoisotopic (exact) mass is 678 g/mol. The summed E-state index contributed by atoms with van der Waals surface area (Å²) in [7, 11) is 0. The molecule has 1 heterocycles. The van der Waals surface area contributed by atoms with E-state index in [1.165, 1.54) is 77.7 Å². The molecule has 0 unspecified atom stereocenters. The third kappa shape index (κ3) is 4.94. The number of anilines is 3. The number of benzene rings is 8. The maximum Gasteiger partial charge on any atom is 0.0547 e. The molecule has 0 fully saturated rings. The summed E-state index contributed by atoms with van der Waals surface area (Å²) < 4.78 is 2.39. The quantitative estimate of drug-likeness (QED) is 0.170. The van der Waals surface area contributed by atoms with Gasteiger partial charge in [-0.1, -0.05) is 153 Å². The molecule has 0 radical (unpaired) electrons. The van der Waals surface area contributed by atoms with Crippen LogP contribution in [0.5, 0.6) is 0 Å². The van der Waals surface area contributed by atoms with Crippen molar-refractivity contribution < 1.29 is 0 Å². The number of aromatic nitrogens is 1. The van der Waals surface area contributed by atoms with Gasteiger partial charge in [0.15, 0.2) is 0 Å². The van der Waals surface area contributed by atoms with Crippen LogP contribution < -0.4 is 4.90 Å². The Hall–Kier alpha value is -6.64. The van der Waals surface area contributed by atoms with Gasteiger partial charge in [0.25, 0.3) is 0 Å². The van der Waals surface area contributed by atoms with E-state index in [4.69, 9.17) is 0 Å². The van der Waals surface area contributed by atoms with Crippen molar-refractivity contribution in [1.29, 1.82) is 0 Å². The zero-order valence-electron chi connectivity index (χ0n) is 29.9. The average molecular weight is 679 g/mol. The number of hydrogen-bond acceptors (Lipinski definition) is 1. The highest BCUT2D eigenvalue weighted by Gasteiger charge is 2.38.